The van der Waals surface area contributed by atoms with Gasteiger partial charge in [0.2, 0.25) is 0 Å². The average Bonchev–Trinajstić information content (AvgIpc) is 2.52. The van der Waals surface area contributed by atoms with Crippen molar-refractivity contribution in [1.29, 1.82) is 0 Å². The molecule has 0 radical (unpaired) electrons. The van der Waals surface area contributed by atoms with Crippen molar-refractivity contribution in [2.75, 3.05) is 0 Å². The number of unbranched alkanes of at least 4 members (excludes halogenated alkanes) is 6. The summed E-state index contributed by atoms with van der Waals surface area (Å²) in [7, 11) is 0. The molecular formula is C22H42O2. The van der Waals surface area contributed by atoms with Crippen molar-refractivity contribution in [1.82, 2.24) is 0 Å². The van der Waals surface area contributed by atoms with Gasteiger partial charge < -0.3 is 0 Å². The Bertz CT molecular complexity index is 320. The van der Waals surface area contributed by atoms with E-state index in [-0.39, 0.29) is 0 Å². The van der Waals surface area contributed by atoms with Crippen LogP contribution in [0.1, 0.15) is 118 Å². The van der Waals surface area contributed by atoms with E-state index in [1.165, 1.54) is 25.7 Å². The first-order chi connectivity index (χ1) is 11.5. The average molecular weight is 339 g/mol. The fourth-order valence-corrected chi connectivity index (χ4v) is 3.38. The molecule has 1 unspecified atom stereocenters. The summed E-state index contributed by atoms with van der Waals surface area (Å²) in [5, 5.41) is 0. The Morgan fingerprint density at radius 1 is 0.708 bits per heavy atom. The van der Waals surface area contributed by atoms with Gasteiger partial charge in [-0.25, -0.2) is 0 Å². The zero-order chi connectivity index (χ0) is 18.2. The SMILES string of the molecule is CCCCCCCC(=O)CC(CCC(=O)CCCCC)CC(C)C. The number of hydrogen-bond acceptors (Lipinski definition) is 2. The standard InChI is InChI=1S/C22H42O2/c1-5-7-9-10-12-14-22(24)18-20(17-19(3)4)15-16-21(23)13-11-8-6-2/h19-20H,5-18H2,1-4H3. The van der Waals surface area contributed by atoms with E-state index in [0.717, 1.165) is 51.4 Å². The van der Waals surface area contributed by atoms with Crippen molar-refractivity contribution in [3.8, 4) is 0 Å². The largest absolute Gasteiger partial charge is 0.300 e. The van der Waals surface area contributed by atoms with Crippen LogP contribution in [0, 0.1) is 11.8 Å². The van der Waals surface area contributed by atoms with Crippen molar-refractivity contribution in [3.63, 3.8) is 0 Å². The Labute approximate surface area is 151 Å². The molecule has 0 saturated carbocycles. The second-order valence-corrected chi connectivity index (χ2v) is 7.94. The van der Waals surface area contributed by atoms with Crippen LogP contribution in [0.3, 0.4) is 0 Å². The van der Waals surface area contributed by atoms with Gasteiger partial charge in [0.25, 0.3) is 0 Å². The van der Waals surface area contributed by atoms with Gasteiger partial charge in [-0.3, -0.25) is 9.59 Å². The van der Waals surface area contributed by atoms with Gasteiger partial charge in [0.05, 0.1) is 0 Å². The van der Waals surface area contributed by atoms with Crippen LogP contribution in [0.2, 0.25) is 0 Å². The molecule has 0 amide bonds. The van der Waals surface area contributed by atoms with Crippen LogP contribution in [0.25, 0.3) is 0 Å². The lowest BCUT2D eigenvalue weighted by molar-refractivity contribution is -0.122. The van der Waals surface area contributed by atoms with Crippen LogP contribution in [-0.2, 0) is 9.59 Å². The Balaban J connectivity index is 4.06. The molecule has 0 aliphatic carbocycles. The molecule has 24 heavy (non-hydrogen) atoms. The highest BCUT2D eigenvalue weighted by Crippen LogP contribution is 2.23. The second-order valence-electron chi connectivity index (χ2n) is 7.94. The van der Waals surface area contributed by atoms with Gasteiger partial charge in [-0.2, -0.15) is 0 Å². The van der Waals surface area contributed by atoms with Crippen LogP contribution < -0.4 is 0 Å². The van der Waals surface area contributed by atoms with Crippen molar-refractivity contribution >= 4 is 11.6 Å². The van der Waals surface area contributed by atoms with Crippen molar-refractivity contribution in [2.24, 2.45) is 11.8 Å². The monoisotopic (exact) mass is 338 g/mol. The number of Topliss-reactive ketones (excluding diaryl/α,β-unsaturated/α-hetero) is 2. The molecule has 0 aliphatic heterocycles. The lowest BCUT2D eigenvalue weighted by Crippen LogP contribution is -2.13. The summed E-state index contributed by atoms with van der Waals surface area (Å²) in [5.41, 5.74) is 0. The molecule has 0 aliphatic rings. The predicted octanol–water partition coefficient (Wildman–Crippen LogP) is 6.90. The first kappa shape index (κ1) is 23.3. The highest BCUT2D eigenvalue weighted by Gasteiger charge is 2.16. The summed E-state index contributed by atoms with van der Waals surface area (Å²) < 4.78 is 0. The van der Waals surface area contributed by atoms with Crippen molar-refractivity contribution in [3.05, 3.63) is 0 Å². The Kier molecular flexibility index (Phi) is 15.4. The van der Waals surface area contributed by atoms with Crippen LogP contribution in [0.5, 0.6) is 0 Å². The van der Waals surface area contributed by atoms with E-state index in [4.69, 9.17) is 0 Å². The summed E-state index contributed by atoms with van der Waals surface area (Å²) in [6.45, 7) is 8.80. The van der Waals surface area contributed by atoms with E-state index in [2.05, 4.69) is 27.7 Å². The molecule has 0 heterocycles. The van der Waals surface area contributed by atoms with Crippen LogP contribution in [0.4, 0.5) is 0 Å². The molecule has 142 valence electrons. The molecule has 2 nitrogen and oxygen atoms in total. The topological polar surface area (TPSA) is 34.1 Å². The molecule has 0 bridgehead atoms. The zero-order valence-corrected chi connectivity index (χ0v) is 16.9. The summed E-state index contributed by atoms with van der Waals surface area (Å²) >= 11 is 0. The van der Waals surface area contributed by atoms with Crippen LogP contribution in [0.15, 0.2) is 0 Å². The number of carbonyl (C=O) groups is 2. The van der Waals surface area contributed by atoms with Gasteiger partial charge in [-0.1, -0.05) is 66.2 Å². The fraction of sp³-hybridized carbons (Fsp3) is 0.909. The van der Waals surface area contributed by atoms with E-state index in [1.807, 2.05) is 0 Å². The van der Waals surface area contributed by atoms with Gasteiger partial charge in [-0.05, 0) is 37.5 Å². The Hall–Kier alpha value is -0.660. The normalized spacial score (nSPS) is 12.5. The van der Waals surface area contributed by atoms with E-state index in [1.54, 1.807) is 0 Å². The maximum absolute atomic E-state index is 12.2. The molecule has 0 aromatic rings. The molecule has 0 rings (SSSR count). The third-order valence-electron chi connectivity index (χ3n) is 4.77. The first-order valence-corrected chi connectivity index (χ1v) is 10.5. The van der Waals surface area contributed by atoms with E-state index in [0.29, 0.717) is 36.2 Å². The minimum atomic E-state index is 0.393. The maximum atomic E-state index is 12.2. The molecule has 0 saturated heterocycles. The summed E-state index contributed by atoms with van der Waals surface area (Å²) in [5.74, 6) is 1.81. The highest BCUT2D eigenvalue weighted by atomic mass is 16.1. The first-order valence-electron chi connectivity index (χ1n) is 10.5. The van der Waals surface area contributed by atoms with Crippen LogP contribution in [-0.4, -0.2) is 11.6 Å². The molecule has 0 fully saturated rings. The fourth-order valence-electron chi connectivity index (χ4n) is 3.38. The van der Waals surface area contributed by atoms with E-state index < -0.39 is 0 Å². The second kappa shape index (κ2) is 15.8. The molecule has 2 heteroatoms. The van der Waals surface area contributed by atoms with Gasteiger partial charge in [0.15, 0.2) is 0 Å². The van der Waals surface area contributed by atoms with E-state index in [9.17, 15) is 9.59 Å². The van der Waals surface area contributed by atoms with Gasteiger partial charge >= 0.3 is 0 Å². The Morgan fingerprint density at radius 2 is 1.25 bits per heavy atom. The molecule has 0 aromatic heterocycles. The summed E-state index contributed by atoms with van der Waals surface area (Å²) in [6.07, 6.45) is 14.2. The van der Waals surface area contributed by atoms with Gasteiger partial charge in [0, 0.05) is 25.7 Å². The third kappa shape index (κ3) is 14.9. The summed E-state index contributed by atoms with van der Waals surface area (Å²) in [4.78, 5) is 24.2. The smallest absolute Gasteiger partial charge is 0.133 e. The van der Waals surface area contributed by atoms with Crippen molar-refractivity contribution in [2.45, 2.75) is 118 Å². The third-order valence-corrected chi connectivity index (χ3v) is 4.77. The molecular weight excluding hydrogens is 296 g/mol. The summed E-state index contributed by atoms with van der Waals surface area (Å²) in [6, 6.07) is 0. The number of carbonyl (C=O) groups excluding carboxylic acids is 2. The minimum absolute atomic E-state index is 0.393. The predicted molar refractivity (Wildman–Crippen MR) is 104 cm³/mol. The van der Waals surface area contributed by atoms with Gasteiger partial charge in [-0.15, -0.1) is 0 Å². The molecule has 0 N–H and O–H groups in total. The van der Waals surface area contributed by atoms with Gasteiger partial charge in [0.1, 0.15) is 11.6 Å². The maximum Gasteiger partial charge on any atom is 0.133 e. The highest BCUT2D eigenvalue weighted by molar-refractivity contribution is 5.79. The number of rotatable bonds is 17. The van der Waals surface area contributed by atoms with Crippen molar-refractivity contribution < 1.29 is 9.59 Å². The lowest BCUT2D eigenvalue weighted by Gasteiger charge is -2.18. The van der Waals surface area contributed by atoms with E-state index >= 15 is 0 Å². The lowest BCUT2D eigenvalue weighted by atomic mass is 9.86. The minimum Gasteiger partial charge on any atom is -0.300 e. The quantitative estimate of drug-likeness (QED) is 0.270. The molecule has 0 spiro atoms. The Morgan fingerprint density at radius 3 is 1.88 bits per heavy atom. The molecule has 0 aromatic carbocycles. The van der Waals surface area contributed by atoms with Crippen LogP contribution >= 0.6 is 0 Å². The zero-order valence-electron chi connectivity index (χ0n) is 16.9. The number of hydrogen-bond donors (Lipinski definition) is 0. The number of ketones is 2. The molecule has 1 atom stereocenters.